The van der Waals surface area contributed by atoms with Crippen LogP contribution in [0.1, 0.15) is 50.4 Å². The topological polar surface area (TPSA) is 79.1 Å². The monoisotopic (exact) mass is 586 g/mol. The maximum Gasteiger partial charge on any atom is 0.338 e. The first-order valence-electron chi connectivity index (χ1n) is 13.7. The molecule has 0 amide bonds. The number of nitrogens with zero attached hydrogens (tertiary/aromatic N) is 2. The summed E-state index contributed by atoms with van der Waals surface area (Å²) in [6, 6.07) is 20.1. The number of allylic oxidation sites excluding steroid dienone is 1. The van der Waals surface area contributed by atoms with E-state index in [4.69, 9.17) is 14.2 Å². The van der Waals surface area contributed by atoms with Gasteiger partial charge >= 0.3 is 5.97 Å². The zero-order valence-corrected chi connectivity index (χ0v) is 24.6. The third kappa shape index (κ3) is 6.06. The molecule has 0 bridgehead atoms. The molecule has 0 aliphatic carbocycles. The molecule has 5 rings (SSSR count). The Kier molecular flexibility index (Phi) is 8.68. The van der Waals surface area contributed by atoms with Crippen molar-refractivity contribution in [2.75, 3.05) is 6.61 Å². The summed E-state index contributed by atoms with van der Waals surface area (Å²) in [5.41, 5.74) is 2.65. The van der Waals surface area contributed by atoms with Crippen LogP contribution in [0.4, 0.5) is 4.39 Å². The van der Waals surface area contributed by atoms with E-state index >= 15 is 0 Å². The van der Waals surface area contributed by atoms with Crippen LogP contribution in [0.15, 0.2) is 93.9 Å². The summed E-state index contributed by atoms with van der Waals surface area (Å²) in [5.74, 6) is 0.302. The van der Waals surface area contributed by atoms with Crippen LogP contribution in [0, 0.1) is 5.82 Å². The second-order valence-corrected chi connectivity index (χ2v) is 11.0. The highest BCUT2D eigenvalue weighted by atomic mass is 32.1. The van der Waals surface area contributed by atoms with Crippen molar-refractivity contribution in [3.8, 4) is 11.5 Å². The van der Waals surface area contributed by atoms with Crippen molar-refractivity contribution < 1.29 is 23.4 Å². The molecular weight excluding hydrogens is 555 g/mol. The second kappa shape index (κ2) is 12.6. The lowest BCUT2D eigenvalue weighted by atomic mass is 9.95. The van der Waals surface area contributed by atoms with Crippen molar-refractivity contribution >= 4 is 23.4 Å². The highest BCUT2D eigenvalue weighted by Crippen LogP contribution is 2.36. The molecule has 0 saturated heterocycles. The van der Waals surface area contributed by atoms with Gasteiger partial charge in [-0.1, -0.05) is 59.9 Å². The van der Waals surface area contributed by atoms with E-state index in [2.05, 4.69) is 4.99 Å². The average Bonchev–Trinajstić information content (AvgIpc) is 3.26. The minimum atomic E-state index is -0.789. The van der Waals surface area contributed by atoms with Gasteiger partial charge in [0.1, 0.15) is 30.0 Å². The number of rotatable bonds is 9. The molecule has 1 atom stereocenters. The zero-order valence-electron chi connectivity index (χ0n) is 23.8. The van der Waals surface area contributed by atoms with Crippen LogP contribution >= 0.6 is 11.3 Å². The summed E-state index contributed by atoms with van der Waals surface area (Å²) >= 11 is 1.23. The number of ether oxygens (including phenoxy) is 3. The molecule has 9 heteroatoms. The summed E-state index contributed by atoms with van der Waals surface area (Å²) in [6.07, 6.45) is 1.64. The van der Waals surface area contributed by atoms with Crippen LogP contribution in [0.3, 0.4) is 0 Å². The first-order chi connectivity index (χ1) is 20.3. The summed E-state index contributed by atoms with van der Waals surface area (Å²) in [7, 11) is 0. The highest BCUT2D eigenvalue weighted by molar-refractivity contribution is 7.07. The third-order valence-electron chi connectivity index (χ3n) is 6.61. The fourth-order valence-corrected chi connectivity index (χ4v) is 5.81. The van der Waals surface area contributed by atoms with Gasteiger partial charge in [-0.3, -0.25) is 9.36 Å². The number of fused-ring (bicyclic) bond motifs is 1. The molecule has 1 unspecified atom stereocenters. The fraction of sp³-hybridized carbons (Fsp3) is 0.242. The zero-order chi connectivity index (χ0) is 29.8. The number of hydrogen-bond donors (Lipinski definition) is 0. The van der Waals surface area contributed by atoms with Gasteiger partial charge in [-0.25, -0.2) is 14.2 Å². The molecule has 0 saturated carbocycles. The Balaban J connectivity index is 1.62. The number of carbonyl (C=O) groups excluding carboxylic acids is 1. The fourth-order valence-electron chi connectivity index (χ4n) is 4.77. The Morgan fingerprint density at radius 3 is 2.45 bits per heavy atom. The van der Waals surface area contributed by atoms with E-state index in [9.17, 15) is 14.0 Å². The lowest BCUT2D eigenvalue weighted by Crippen LogP contribution is -2.40. The van der Waals surface area contributed by atoms with Crippen LogP contribution in [0.5, 0.6) is 11.5 Å². The molecular formula is C33H31FN2O5S. The Morgan fingerprint density at radius 1 is 1.05 bits per heavy atom. The Morgan fingerprint density at radius 2 is 1.74 bits per heavy atom. The van der Waals surface area contributed by atoms with Crippen molar-refractivity contribution in [1.82, 2.24) is 4.57 Å². The molecule has 3 aromatic carbocycles. The number of halogens is 1. The molecule has 1 aromatic heterocycles. The summed E-state index contributed by atoms with van der Waals surface area (Å²) in [4.78, 5) is 32.5. The normalized spacial score (nSPS) is 14.9. The number of esters is 1. The van der Waals surface area contributed by atoms with Gasteiger partial charge in [0.05, 0.1) is 28.5 Å². The number of para-hydroxylation sites is 2. The number of aromatic nitrogens is 1. The Hall–Kier alpha value is -4.50. The van der Waals surface area contributed by atoms with E-state index in [1.54, 1.807) is 36.6 Å². The SMILES string of the molecule is CCOC(=O)C1=C(C)N=c2s/c(=C/c3ccccc3OCc3ccc(F)cc3)c(=O)n2C1c1ccccc1OC(C)C. The Labute approximate surface area is 246 Å². The molecule has 4 aromatic rings. The van der Waals surface area contributed by atoms with Crippen LogP contribution < -0.4 is 24.4 Å². The van der Waals surface area contributed by atoms with Crippen molar-refractivity contribution in [1.29, 1.82) is 0 Å². The van der Waals surface area contributed by atoms with Gasteiger partial charge in [0.15, 0.2) is 4.80 Å². The van der Waals surface area contributed by atoms with Crippen LogP contribution in [-0.2, 0) is 16.1 Å². The first kappa shape index (κ1) is 29.0. The molecule has 1 aliphatic heterocycles. The van der Waals surface area contributed by atoms with E-state index in [0.29, 0.717) is 43.2 Å². The van der Waals surface area contributed by atoms with Gasteiger partial charge in [0.2, 0.25) is 0 Å². The van der Waals surface area contributed by atoms with Crippen molar-refractivity contribution in [2.24, 2.45) is 4.99 Å². The number of thiazole rings is 1. The minimum Gasteiger partial charge on any atom is -0.491 e. The van der Waals surface area contributed by atoms with E-state index in [1.165, 1.54) is 23.5 Å². The maximum atomic E-state index is 14.1. The quantitative estimate of drug-likeness (QED) is 0.249. The molecule has 216 valence electrons. The molecule has 0 fully saturated rings. The van der Waals surface area contributed by atoms with Gasteiger partial charge in [0.25, 0.3) is 5.56 Å². The van der Waals surface area contributed by atoms with Gasteiger partial charge in [-0.05, 0) is 63.6 Å². The molecule has 2 heterocycles. The van der Waals surface area contributed by atoms with Crippen molar-refractivity contribution in [2.45, 2.75) is 46.4 Å². The number of carbonyl (C=O) groups is 1. The minimum absolute atomic E-state index is 0.121. The standard InChI is InChI=1S/C33H31FN2O5S/c1-5-39-32(38)29-21(4)35-33-36(30(29)25-11-7-9-13-27(25)41-20(2)3)31(37)28(42-33)18-23-10-6-8-12-26(23)40-19-22-14-16-24(34)17-15-22/h6-18,20,30H,5,19H2,1-4H3/b28-18+. The maximum absolute atomic E-state index is 14.1. The molecule has 7 nitrogen and oxygen atoms in total. The number of hydrogen-bond acceptors (Lipinski definition) is 7. The predicted octanol–water partition coefficient (Wildman–Crippen LogP) is 5.30. The average molecular weight is 587 g/mol. The molecule has 0 spiro atoms. The van der Waals surface area contributed by atoms with Gasteiger partial charge < -0.3 is 14.2 Å². The lowest BCUT2D eigenvalue weighted by molar-refractivity contribution is -0.139. The molecule has 42 heavy (non-hydrogen) atoms. The lowest BCUT2D eigenvalue weighted by Gasteiger charge is -2.26. The van der Waals surface area contributed by atoms with E-state index in [1.807, 2.05) is 62.4 Å². The van der Waals surface area contributed by atoms with Gasteiger partial charge in [0, 0.05) is 11.1 Å². The largest absolute Gasteiger partial charge is 0.491 e. The first-order valence-corrected chi connectivity index (χ1v) is 14.5. The summed E-state index contributed by atoms with van der Waals surface area (Å²) in [5, 5.41) is 0. The van der Waals surface area contributed by atoms with Gasteiger partial charge in [-0.15, -0.1) is 0 Å². The number of benzene rings is 3. The van der Waals surface area contributed by atoms with Crippen molar-refractivity contribution in [3.05, 3.63) is 126 Å². The predicted molar refractivity (Wildman–Crippen MR) is 160 cm³/mol. The van der Waals surface area contributed by atoms with Crippen LogP contribution in [0.25, 0.3) is 6.08 Å². The Bertz CT molecular complexity index is 1820. The molecule has 0 radical (unpaired) electrons. The van der Waals surface area contributed by atoms with Crippen molar-refractivity contribution in [3.63, 3.8) is 0 Å². The summed E-state index contributed by atoms with van der Waals surface area (Å²) < 4.78 is 32.8. The molecule has 0 N–H and O–H groups in total. The second-order valence-electron chi connectivity index (χ2n) is 9.96. The van der Waals surface area contributed by atoms with Gasteiger partial charge in [-0.2, -0.15) is 0 Å². The van der Waals surface area contributed by atoms with E-state index in [-0.39, 0.29) is 30.7 Å². The smallest absolute Gasteiger partial charge is 0.338 e. The van der Waals surface area contributed by atoms with Crippen LogP contribution in [0.2, 0.25) is 0 Å². The molecule has 1 aliphatic rings. The third-order valence-corrected chi connectivity index (χ3v) is 7.59. The van der Waals surface area contributed by atoms with E-state index < -0.39 is 12.0 Å². The summed E-state index contributed by atoms with van der Waals surface area (Å²) in [6.45, 7) is 7.76. The highest BCUT2D eigenvalue weighted by Gasteiger charge is 2.35. The van der Waals surface area contributed by atoms with E-state index in [0.717, 1.165) is 5.56 Å². The van der Waals surface area contributed by atoms with Crippen LogP contribution in [-0.4, -0.2) is 23.2 Å².